The van der Waals surface area contributed by atoms with Gasteiger partial charge < -0.3 is 14.6 Å². The van der Waals surface area contributed by atoms with Crippen LogP contribution >= 0.6 is 0 Å². The first-order valence-electron chi connectivity index (χ1n) is 6.11. The topological polar surface area (TPSA) is 52.0 Å². The minimum atomic E-state index is 0.370. The number of nitrogens with zero attached hydrogens (tertiary/aromatic N) is 3. The molecule has 2 fully saturated rings. The van der Waals surface area contributed by atoms with Gasteiger partial charge in [-0.15, -0.1) is 10.2 Å². The molecule has 88 valence electrons. The Balaban J connectivity index is 1.61. The molecule has 1 unspecified atom stereocenters. The summed E-state index contributed by atoms with van der Waals surface area (Å²) in [6.45, 7) is 4.07. The Labute approximate surface area is 95.2 Å². The molecular weight excluding hydrogens is 204 g/mol. The third-order valence-electron chi connectivity index (χ3n) is 3.46. The average Bonchev–Trinajstić information content (AvgIpc) is 2.84. The van der Waals surface area contributed by atoms with Crippen molar-refractivity contribution in [3.63, 3.8) is 0 Å². The van der Waals surface area contributed by atoms with Crippen LogP contribution in [0.3, 0.4) is 0 Å². The Kier molecular flexibility index (Phi) is 2.88. The van der Waals surface area contributed by atoms with E-state index in [1.807, 2.05) is 6.33 Å². The molecule has 0 spiro atoms. The molecular formula is C11H18N4O. The van der Waals surface area contributed by atoms with Crippen molar-refractivity contribution in [3.05, 3.63) is 12.2 Å². The van der Waals surface area contributed by atoms with E-state index in [1.54, 1.807) is 0 Å². The van der Waals surface area contributed by atoms with Crippen LogP contribution < -0.4 is 5.32 Å². The highest BCUT2D eigenvalue weighted by Gasteiger charge is 2.22. The van der Waals surface area contributed by atoms with Crippen molar-refractivity contribution in [2.24, 2.45) is 5.92 Å². The Hall–Kier alpha value is -0.940. The van der Waals surface area contributed by atoms with Crippen molar-refractivity contribution < 1.29 is 4.74 Å². The molecule has 0 aliphatic carbocycles. The molecule has 1 atom stereocenters. The first kappa shape index (κ1) is 10.2. The van der Waals surface area contributed by atoms with E-state index < -0.39 is 0 Å². The SMILES string of the molecule is c1nnc(CC2CNC2)n1CC1CCCO1. The van der Waals surface area contributed by atoms with E-state index in [0.717, 1.165) is 44.4 Å². The van der Waals surface area contributed by atoms with Gasteiger partial charge in [-0.25, -0.2) is 0 Å². The maximum Gasteiger partial charge on any atom is 0.133 e. The molecule has 0 aromatic carbocycles. The number of aromatic nitrogens is 3. The van der Waals surface area contributed by atoms with E-state index in [1.165, 1.54) is 12.8 Å². The third kappa shape index (κ3) is 2.10. The summed E-state index contributed by atoms with van der Waals surface area (Å²) < 4.78 is 7.80. The molecule has 1 aromatic heterocycles. The second kappa shape index (κ2) is 4.51. The average molecular weight is 222 g/mol. The summed E-state index contributed by atoms with van der Waals surface area (Å²) >= 11 is 0. The van der Waals surface area contributed by atoms with Crippen LogP contribution in [0, 0.1) is 5.92 Å². The zero-order chi connectivity index (χ0) is 10.8. The fourth-order valence-electron chi connectivity index (χ4n) is 2.35. The lowest BCUT2D eigenvalue weighted by molar-refractivity contribution is 0.0959. The van der Waals surface area contributed by atoms with Gasteiger partial charge in [-0.1, -0.05) is 0 Å². The summed E-state index contributed by atoms with van der Waals surface area (Å²) in [5.74, 6) is 1.86. The van der Waals surface area contributed by atoms with Crippen LogP contribution in [-0.4, -0.2) is 40.6 Å². The van der Waals surface area contributed by atoms with Gasteiger partial charge in [-0.2, -0.15) is 0 Å². The van der Waals surface area contributed by atoms with Crippen LogP contribution in [0.4, 0.5) is 0 Å². The quantitative estimate of drug-likeness (QED) is 0.791. The predicted molar refractivity (Wildman–Crippen MR) is 59.1 cm³/mol. The van der Waals surface area contributed by atoms with Gasteiger partial charge in [0.1, 0.15) is 12.2 Å². The lowest BCUT2D eigenvalue weighted by Gasteiger charge is -2.26. The normalized spacial score (nSPS) is 25.9. The van der Waals surface area contributed by atoms with Crippen molar-refractivity contribution in [2.75, 3.05) is 19.7 Å². The molecule has 5 nitrogen and oxygen atoms in total. The fourth-order valence-corrected chi connectivity index (χ4v) is 2.35. The molecule has 5 heteroatoms. The maximum absolute atomic E-state index is 5.64. The maximum atomic E-state index is 5.64. The summed E-state index contributed by atoms with van der Waals surface area (Å²) in [5, 5.41) is 11.5. The largest absolute Gasteiger partial charge is 0.376 e. The van der Waals surface area contributed by atoms with Gasteiger partial charge in [0.2, 0.25) is 0 Å². The van der Waals surface area contributed by atoms with E-state index in [0.29, 0.717) is 6.10 Å². The van der Waals surface area contributed by atoms with E-state index in [4.69, 9.17) is 4.74 Å². The molecule has 0 radical (unpaired) electrons. The van der Waals surface area contributed by atoms with Crippen LogP contribution in [0.25, 0.3) is 0 Å². The minimum absolute atomic E-state index is 0.370. The van der Waals surface area contributed by atoms with Crippen molar-refractivity contribution in [1.29, 1.82) is 0 Å². The standard InChI is InChI=1S/C11H18N4O/c1-2-10(16-3-1)7-15-8-13-14-11(15)4-9-5-12-6-9/h8-10,12H,1-7H2. The molecule has 3 heterocycles. The van der Waals surface area contributed by atoms with Crippen LogP contribution in [0.5, 0.6) is 0 Å². The molecule has 16 heavy (non-hydrogen) atoms. The van der Waals surface area contributed by atoms with Crippen molar-refractivity contribution in [2.45, 2.75) is 31.9 Å². The van der Waals surface area contributed by atoms with Gasteiger partial charge in [0, 0.05) is 13.0 Å². The Bertz CT molecular complexity index is 342. The zero-order valence-electron chi connectivity index (χ0n) is 9.43. The Morgan fingerprint density at radius 3 is 3.12 bits per heavy atom. The summed E-state index contributed by atoms with van der Waals surface area (Å²) in [7, 11) is 0. The van der Waals surface area contributed by atoms with Crippen LogP contribution in [0.2, 0.25) is 0 Å². The van der Waals surface area contributed by atoms with Gasteiger partial charge in [0.15, 0.2) is 0 Å². The fraction of sp³-hybridized carbons (Fsp3) is 0.818. The van der Waals surface area contributed by atoms with E-state index in [-0.39, 0.29) is 0 Å². The summed E-state index contributed by atoms with van der Waals surface area (Å²) in [5.41, 5.74) is 0. The highest BCUT2D eigenvalue weighted by molar-refractivity contribution is 4.93. The molecule has 0 saturated carbocycles. The van der Waals surface area contributed by atoms with Crippen LogP contribution in [0.15, 0.2) is 6.33 Å². The summed E-state index contributed by atoms with van der Waals surface area (Å²) in [6.07, 6.45) is 5.61. The highest BCUT2D eigenvalue weighted by Crippen LogP contribution is 2.16. The molecule has 2 saturated heterocycles. The molecule has 2 aliphatic rings. The number of hydrogen-bond acceptors (Lipinski definition) is 4. The molecule has 1 aromatic rings. The number of nitrogens with one attached hydrogen (secondary N) is 1. The molecule has 0 amide bonds. The van der Waals surface area contributed by atoms with Gasteiger partial charge in [0.25, 0.3) is 0 Å². The second-order valence-corrected chi connectivity index (χ2v) is 4.76. The third-order valence-corrected chi connectivity index (χ3v) is 3.46. The summed E-state index contributed by atoms with van der Waals surface area (Å²) in [4.78, 5) is 0. The van der Waals surface area contributed by atoms with E-state index in [9.17, 15) is 0 Å². The van der Waals surface area contributed by atoms with Gasteiger partial charge in [0.05, 0.1) is 12.6 Å². The molecule has 1 N–H and O–H groups in total. The lowest BCUT2D eigenvalue weighted by Crippen LogP contribution is -2.43. The lowest BCUT2D eigenvalue weighted by atomic mass is 9.99. The first-order valence-corrected chi connectivity index (χ1v) is 6.11. The molecule has 2 aliphatic heterocycles. The van der Waals surface area contributed by atoms with Crippen LogP contribution in [0.1, 0.15) is 18.7 Å². The van der Waals surface area contributed by atoms with Gasteiger partial charge >= 0.3 is 0 Å². The monoisotopic (exact) mass is 222 g/mol. The predicted octanol–water partition coefficient (Wildman–Crippen LogP) is 0.219. The zero-order valence-corrected chi connectivity index (χ0v) is 9.43. The van der Waals surface area contributed by atoms with Crippen molar-refractivity contribution >= 4 is 0 Å². The van der Waals surface area contributed by atoms with Crippen LogP contribution in [-0.2, 0) is 17.7 Å². The van der Waals surface area contributed by atoms with Crippen molar-refractivity contribution in [1.82, 2.24) is 20.1 Å². The summed E-state index contributed by atoms with van der Waals surface area (Å²) in [6, 6.07) is 0. The highest BCUT2D eigenvalue weighted by atomic mass is 16.5. The first-order chi connectivity index (χ1) is 7.92. The number of rotatable bonds is 4. The van der Waals surface area contributed by atoms with E-state index >= 15 is 0 Å². The second-order valence-electron chi connectivity index (χ2n) is 4.76. The Morgan fingerprint density at radius 1 is 1.50 bits per heavy atom. The number of hydrogen-bond donors (Lipinski definition) is 1. The molecule has 0 bridgehead atoms. The smallest absolute Gasteiger partial charge is 0.133 e. The number of ether oxygens (including phenoxy) is 1. The van der Waals surface area contributed by atoms with Gasteiger partial charge in [-0.05, 0) is 31.8 Å². The van der Waals surface area contributed by atoms with E-state index in [2.05, 4.69) is 20.1 Å². The molecule has 3 rings (SSSR count). The Morgan fingerprint density at radius 2 is 2.44 bits per heavy atom. The van der Waals surface area contributed by atoms with Crippen molar-refractivity contribution in [3.8, 4) is 0 Å². The minimum Gasteiger partial charge on any atom is -0.376 e. The van der Waals surface area contributed by atoms with Gasteiger partial charge in [-0.3, -0.25) is 0 Å².